The van der Waals surface area contributed by atoms with Gasteiger partial charge in [-0.1, -0.05) is 6.92 Å². The zero-order valence-corrected chi connectivity index (χ0v) is 11.6. The molecular weight excluding hydrogens is 260 g/mol. The van der Waals surface area contributed by atoms with E-state index in [9.17, 15) is 8.42 Å². The Bertz CT molecular complexity index is 497. The molecule has 0 spiro atoms. The van der Waals surface area contributed by atoms with Crippen LogP contribution in [-0.4, -0.2) is 31.3 Å². The van der Waals surface area contributed by atoms with Crippen molar-refractivity contribution in [2.45, 2.75) is 24.1 Å². The van der Waals surface area contributed by atoms with Gasteiger partial charge in [0, 0.05) is 25.5 Å². The molecule has 1 N–H and O–H groups in total. The number of sulfonamides is 1. The first-order valence-corrected chi connectivity index (χ1v) is 7.62. The smallest absolute Gasteiger partial charge is 0.244 e. The third-order valence-corrected chi connectivity index (χ3v) is 5.43. The van der Waals surface area contributed by atoms with Crippen molar-refractivity contribution in [3.8, 4) is 0 Å². The Balaban J connectivity index is 2.11. The van der Waals surface area contributed by atoms with Gasteiger partial charge in [0.1, 0.15) is 0 Å². The van der Waals surface area contributed by atoms with Gasteiger partial charge in [-0.25, -0.2) is 12.7 Å². The predicted molar refractivity (Wildman–Crippen MR) is 67.4 cm³/mol. The summed E-state index contributed by atoms with van der Waals surface area (Å²) in [6.07, 6.45) is 2.62. The molecule has 2 atom stereocenters. The van der Waals surface area contributed by atoms with E-state index in [1.165, 1.54) is 10.5 Å². The Morgan fingerprint density at radius 3 is 2.71 bits per heavy atom. The molecule has 1 aliphatic rings. The lowest BCUT2D eigenvalue weighted by Crippen LogP contribution is -2.29. The van der Waals surface area contributed by atoms with Crippen LogP contribution >= 0.6 is 11.6 Å². The van der Waals surface area contributed by atoms with Crippen LogP contribution in [0.2, 0.25) is 0 Å². The molecule has 0 aliphatic heterocycles. The first-order valence-electron chi connectivity index (χ1n) is 5.64. The number of rotatable bonds is 5. The highest BCUT2D eigenvalue weighted by Gasteiger charge is 2.36. The lowest BCUT2D eigenvalue weighted by Gasteiger charge is -2.15. The van der Waals surface area contributed by atoms with E-state index in [4.69, 9.17) is 11.6 Å². The number of hydrogen-bond donors (Lipinski definition) is 1. The Hall–Kier alpha value is -0.520. The fourth-order valence-electron chi connectivity index (χ4n) is 1.91. The van der Waals surface area contributed by atoms with Crippen molar-refractivity contribution in [3.05, 3.63) is 18.0 Å². The summed E-state index contributed by atoms with van der Waals surface area (Å²) in [5.41, 5.74) is 0.721. The lowest BCUT2D eigenvalue weighted by molar-refractivity contribution is 0.445. The highest BCUT2D eigenvalue weighted by Crippen LogP contribution is 2.38. The second-order valence-electron chi connectivity index (χ2n) is 4.75. The average molecular weight is 277 g/mol. The normalized spacial score (nSPS) is 24.2. The third-order valence-electron chi connectivity index (χ3n) is 3.34. The van der Waals surface area contributed by atoms with Crippen LogP contribution in [0.15, 0.2) is 17.2 Å². The molecule has 6 heteroatoms. The Kier molecular flexibility index (Phi) is 3.52. The van der Waals surface area contributed by atoms with Crippen LogP contribution < -0.4 is 0 Å². The molecule has 1 aromatic heterocycles. The second-order valence-corrected chi connectivity index (χ2v) is 7.07. The quantitative estimate of drug-likeness (QED) is 0.837. The van der Waals surface area contributed by atoms with Gasteiger partial charge in [-0.15, -0.1) is 11.6 Å². The molecule has 17 heavy (non-hydrogen) atoms. The second kappa shape index (κ2) is 4.63. The lowest BCUT2D eigenvalue weighted by atomic mass is 10.3. The third kappa shape index (κ3) is 2.67. The van der Waals surface area contributed by atoms with Gasteiger partial charge in [-0.3, -0.25) is 0 Å². The molecule has 0 aromatic carbocycles. The van der Waals surface area contributed by atoms with Crippen molar-refractivity contribution in [2.75, 3.05) is 13.6 Å². The predicted octanol–water partition coefficient (Wildman–Crippen LogP) is 2.03. The van der Waals surface area contributed by atoms with Crippen LogP contribution in [-0.2, 0) is 15.9 Å². The van der Waals surface area contributed by atoms with E-state index in [0.717, 1.165) is 12.1 Å². The van der Waals surface area contributed by atoms with E-state index in [1.54, 1.807) is 13.1 Å². The Morgan fingerprint density at radius 2 is 2.24 bits per heavy atom. The number of halogens is 1. The van der Waals surface area contributed by atoms with Crippen molar-refractivity contribution in [1.82, 2.24) is 9.29 Å². The van der Waals surface area contributed by atoms with E-state index < -0.39 is 10.0 Å². The fourth-order valence-corrected chi connectivity index (χ4v) is 3.31. The van der Waals surface area contributed by atoms with Gasteiger partial charge >= 0.3 is 0 Å². The molecule has 1 aromatic rings. The van der Waals surface area contributed by atoms with Crippen LogP contribution in [0, 0.1) is 11.8 Å². The fraction of sp³-hybridized carbons (Fsp3) is 0.636. The van der Waals surface area contributed by atoms with Crippen molar-refractivity contribution in [1.29, 1.82) is 0 Å². The van der Waals surface area contributed by atoms with Crippen molar-refractivity contribution in [2.24, 2.45) is 11.8 Å². The van der Waals surface area contributed by atoms with Gasteiger partial charge in [0.15, 0.2) is 0 Å². The summed E-state index contributed by atoms with van der Waals surface area (Å²) in [5.74, 6) is 1.46. The van der Waals surface area contributed by atoms with Gasteiger partial charge in [0.2, 0.25) is 10.0 Å². The van der Waals surface area contributed by atoms with Crippen molar-refractivity contribution >= 4 is 21.6 Å². The van der Waals surface area contributed by atoms with E-state index in [-0.39, 0.29) is 0 Å². The molecule has 1 saturated carbocycles. The van der Waals surface area contributed by atoms with E-state index in [0.29, 0.717) is 29.2 Å². The molecule has 1 fully saturated rings. The number of H-pyrrole nitrogens is 1. The SMILES string of the molecule is CC1CC1CN(C)S(=O)(=O)c1c[nH]c(CCl)c1. The number of aromatic amines is 1. The molecule has 96 valence electrons. The number of nitrogens with zero attached hydrogens (tertiary/aromatic N) is 1. The summed E-state index contributed by atoms with van der Waals surface area (Å²) < 4.78 is 25.8. The molecule has 0 amide bonds. The summed E-state index contributed by atoms with van der Waals surface area (Å²) in [7, 11) is -1.73. The maximum absolute atomic E-state index is 12.2. The first kappa shape index (κ1) is 12.9. The molecule has 2 rings (SSSR count). The van der Waals surface area contributed by atoms with Crippen molar-refractivity contribution < 1.29 is 8.42 Å². The zero-order valence-electron chi connectivity index (χ0n) is 9.98. The van der Waals surface area contributed by atoms with E-state index in [1.807, 2.05) is 0 Å². The molecule has 0 saturated heterocycles. The monoisotopic (exact) mass is 276 g/mol. The molecule has 0 bridgehead atoms. The van der Waals surface area contributed by atoms with Crippen LogP contribution in [0.4, 0.5) is 0 Å². The summed E-state index contributed by atoms with van der Waals surface area (Å²) in [6, 6.07) is 1.59. The van der Waals surface area contributed by atoms with E-state index >= 15 is 0 Å². The zero-order chi connectivity index (χ0) is 12.6. The minimum Gasteiger partial charge on any atom is -0.363 e. The number of aromatic nitrogens is 1. The Labute approximate surface area is 107 Å². The van der Waals surface area contributed by atoms with Crippen LogP contribution in [0.25, 0.3) is 0 Å². The van der Waals surface area contributed by atoms with Gasteiger partial charge in [0.25, 0.3) is 0 Å². The van der Waals surface area contributed by atoms with E-state index in [2.05, 4.69) is 11.9 Å². The molecule has 0 radical (unpaired) electrons. The minimum atomic E-state index is -3.36. The summed E-state index contributed by atoms with van der Waals surface area (Å²) >= 11 is 5.64. The largest absolute Gasteiger partial charge is 0.363 e. The van der Waals surface area contributed by atoms with Crippen LogP contribution in [0.1, 0.15) is 19.0 Å². The Morgan fingerprint density at radius 1 is 1.59 bits per heavy atom. The van der Waals surface area contributed by atoms with Gasteiger partial charge < -0.3 is 4.98 Å². The molecule has 1 heterocycles. The number of hydrogen-bond acceptors (Lipinski definition) is 2. The number of nitrogens with one attached hydrogen (secondary N) is 1. The van der Waals surface area contributed by atoms with Crippen LogP contribution in [0.5, 0.6) is 0 Å². The summed E-state index contributed by atoms with van der Waals surface area (Å²) in [5, 5.41) is 0. The van der Waals surface area contributed by atoms with Gasteiger partial charge in [-0.05, 0) is 24.3 Å². The summed E-state index contributed by atoms with van der Waals surface area (Å²) in [4.78, 5) is 3.15. The molecular formula is C11H17ClN2O2S. The van der Waals surface area contributed by atoms with Gasteiger partial charge in [0.05, 0.1) is 10.8 Å². The van der Waals surface area contributed by atoms with Crippen LogP contribution in [0.3, 0.4) is 0 Å². The van der Waals surface area contributed by atoms with Gasteiger partial charge in [-0.2, -0.15) is 0 Å². The average Bonchev–Trinajstić information content (AvgIpc) is 2.83. The van der Waals surface area contributed by atoms with Crippen molar-refractivity contribution in [3.63, 3.8) is 0 Å². The maximum Gasteiger partial charge on any atom is 0.244 e. The summed E-state index contributed by atoms with van der Waals surface area (Å²) in [6.45, 7) is 2.75. The highest BCUT2D eigenvalue weighted by molar-refractivity contribution is 7.89. The highest BCUT2D eigenvalue weighted by atomic mass is 35.5. The molecule has 1 aliphatic carbocycles. The minimum absolute atomic E-state index is 0.291. The molecule has 4 nitrogen and oxygen atoms in total. The maximum atomic E-state index is 12.2. The number of alkyl halides is 1. The first-order chi connectivity index (χ1) is 7.95. The molecule has 2 unspecified atom stereocenters. The topological polar surface area (TPSA) is 53.2 Å². The standard InChI is InChI=1S/C11H17ClN2O2S/c1-8-3-9(8)7-14(2)17(15,16)11-4-10(5-12)13-6-11/h4,6,8-9,13H,3,5,7H2,1-2H3.